The Labute approximate surface area is 80.9 Å². The van der Waals surface area contributed by atoms with Gasteiger partial charge in [-0.15, -0.1) is 0 Å². The van der Waals surface area contributed by atoms with Gasteiger partial charge in [0, 0.05) is 0 Å². The largest absolute Gasteiger partial charge is 0.298 e. The third-order valence-corrected chi connectivity index (χ3v) is 1.58. The fraction of sp³-hybridized carbons (Fsp3) is 0.143. The molecule has 1 aromatic heterocycles. The molecule has 1 rings (SSSR count). The second-order valence-electron chi connectivity index (χ2n) is 2.39. The molecule has 15 heavy (non-hydrogen) atoms. The summed E-state index contributed by atoms with van der Waals surface area (Å²) in [6, 6.07) is 1.12. The van der Waals surface area contributed by atoms with Gasteiger partial charge in [-0.1, -0.05) is 0 Å². The maximum absolute atomic E-state index is 12.8. The molecule has 0 spiro atoms. The lowest BCUT2D eigenvalue weighted by atomic mass is 10.1. The summed E-state index contributed by atoms with van der Waals surface area (Å²) < 4.78 is 37.5. The molecule has 8 heteroatoms. The number of nitrogens with zero attached hydrogens (tertiary/aromatic N) is 3. The van der Waals surface area contributed by atoms with E-state index in [1.807, 2.05) is 0 Å². The second-order valence-corrected chi connectivity index (χ2v) is 2.39. The van der Waals surface area contributed by atoms with Crippen LogP contribution in [-0.4, -0.2) is 9.91 Å². The van der Waals surface area contributed by atoms with Crippen LogP contribution in [-0.2, 0) is 0 Å². The number of aromatic nitrogens is 1. The van der Waals surface area contributed by atoms with Gasteiger partial charge in [0.05, 0.1) is 4.92 Å². The van der Waals surface area contributed by atoms with Crippen LogP contribution >= 0.6 is 0 Å². The topological polar surface area (TPSA) is 79.8 Å². The van der Waals surface area contributed by atoms with E-state index in [1.165, 1.54) is 0 Å². The maximum atomic E-state index is 12.8. The predicted molar refractivity (Wildman–Crippen MR) is 40.5 cm³/mol. The predicted octanol–water partition coefficient (Wildman–Crippen LogP) is 1.94. The number of pyridine rings is 1. The van der Waals surface area contributed by atoms with Gasteiger partial charge in [0.15, 0.2) is 0 Å². The fourth-order valence-corrected chi connectivity index (χ4v) is 0.964. The molecule has 0 aliphatic carbocycles. The van der Waals surface area contributed by atoms with E-state index in [0.29, 0.717) is 6.20 Å². The van der Waals surface area contributed by atoms with Crippen LogP contribution in [0.25, 0.3) is 0 Å². The van der Waals surface area contributed by atoms with Crippen molar-refractivity contribution in [2.75, 3.05) is 0 Å². The highest BCUT2D eigenvalue weighted by atomic mass is 19.3. The molecule has 5 nitrogen and oxygen atoms in total. The molecule has 1 aromatic rings. The SMILES string of the molecule is N#Cc1c(F)ncc([N+](=O)[O-])c1C(F)F. The highest BCUT2D eigenvalue weighted by Gasteiger charge is 2.28. The van der Waals surface area contributed by atoms with Crippen molar-refractivity contribution in [2.24, 2.45) is 0 Å². The van der Waals surface area contributed by atoms with E-state index in [0.717, 1.165) is 6.07 Å². The van der Waals surface area contributed by atoms with Crippen molar-refractivity contribution in [1.29, 1.82) is 5.26 Å². The average molecular weight is 217 g/mol. The fourth-order valence-electron chi connectivity index (χ4n) is 0.964. The summed E-state index contributed by atoms with van der Waals surface area (Å²) in [7, 11) is 0. The minimum Gasteiger partial charge on any atom is -0.258 e. The molecule has 78 valence electrons. The maximum Gasteiger partial charge on any atom is 0.298 e. The molecule has 0 amide bonds. The molecule has 0 aliphatic rings. The quantitative estimate of drug-likeness (QED) is 0.430. The number of alkyl halides is 2. The first-order valence-corrected chi connectivity index (χ1v) is 3.50. The zero-order chi connectivity index (χ0) is 11.6. The highest BCUT2D eigenvalue weighted by molar-refractivity contribution is 5.49. The number of rotatable bonds is 2. The monoisotopic (exact) mass is 217 g/mol. The van der Waals surface area contributed by atoms with Gasteiger partial charge in [-0.25, -0.2) is 13.8 Å². The lowest BCUT2D eigenvalue weighted by Gasteiger charge is -2.03. The molecule has 0 N–H and O–H groups in total. The zero-order valence-electron chi connectivity index (χ0n) is 6.95. The van der Waals surface area contributed by atoms with Crippen LogP contribution in [0.2, 0.25) is 0 Å². The molecule has 0 aromatic carbocycles. The summed E-state index contributed by atoms with van der Waals surface area (Å²) in [5, 5.41) is 18.7. The summed E-state index contributed by atoms with van der Waals surface area (Å²) in [6.45, 7) is 0. The van der Waals surface area contributed by atoms with Gasteiger partial charge in [0.1, 0.15) is 23.4 Å². The molecule has 1 heterocycles. The molecule has 0 unspecified atom stereocenters. The van der Waals surface area contributed by atoms with E-state index >= 15 is 0 Å². The molecular formula is C7H2F3N3O2. The Bertz CT molecular complexity index is 456. The summed E-state index contributed by atoms with van der Waals surface area (Å²) in [4.78, 5) is 12.0. The standard InChI is InChI=1S/C7H2F3N3O2/c8-6(9)5-3(1-11)7(10)12-2-4(5)13(14)15/h2,6H. The van der Waals surface area contributed by atoms with E-state index in [1.54, 1.807) is 0 Å². The minimum absolute atomic E-state index is 0.359. The normalized spacial score (nSPS) is 10.1. The molecule has 0 fully saturated rings. The lowest BCUT2D eigenvalue weighted by molar-refractivity contribution is -0.386. The molecular weight excluding hydrogens is 215 g/mol. The van der Waals surface area contributed by atoms with Crippen molar-refractivity contribution in [3.05, 3.63) is 33.4 Å². The van der Waals surface area contributed by atoms with Crippen molar-refractivity contribution in [2.45, 2.75) is 6.43 Å². The van der Waals surface area contributed by atoms with Crippen molar-refractivity contribution in [1.82, 2.24) is 4.98 Å². The smallest absolute Gasteiger partial charge is 0.258 e. The number of nitriles is 1. The van der Waals surface area contributed by atoms with Crippen molar-refractivity contribution in [3.8, 4) is 6.07 Å². The molecule has 0 radical (unpaired) electrons. The van der Waals surface area contributed by atoms with Gasteiger partial charge < -0.3 is 0 Å². The van der Waals surface area contributed by atoms with Crippen molar-refractivity contribution < 1.29 is 18.1 Å². The highest BCUT2D eigenvalue weighted by Crippen LogP contribution is 2.31. The summed E-state index contributed by atoms with van der Waals surface area (Å²) in [5.74, 6) is -1.45. The third kappa shape index (κ3) is 1.85. The summed E-state index contributed by atoms with van der Waals surface area (Å²) >= 11 is 0. The molecule has 0 atom stereocenters. The van der Waals surface area contributed by atoms with Crippen molar-refractivity contribution >= 4 is 5.69 Å². The van der Waals surface area contributed by atoms with Crippen LogP contribution in [0.15, 0.2) is 6.20 Å². The van der Waals surface area contributed by atoms with Crippen LogP contribution in [0.3, 0.4) is 0 Å². The van der Waals surface area contributed by atoms with Gasteiger partial charge in [0.25, 0.3) is 12.1 Å². The Hall–Kier alpha value is -2.17. The van der Waals surface area contributed by atoms with Gasteiger partial charge in [-0.05, 0) is 0 Å². The van der Waals surface area contributed by atoms with E-state index in [-0.39, 0.29) is 0 Å². The second kappa shape index (κ2) is 3.91. The average Bonchev–Trinajstić information content (AvgIpc) is 2.16. The minimum atomic E-state index is -3.31. The molecule has 0 saturated carbocycles. The number of halogens is 3. The summed E-state index contributed by atoms with van der Waals surface area (Å²) in [5.41, 5.74) is -3.41. The van der Waals surface area contributed by atoms with Gasteiger partial charge in [0.2, 0.25) is 5.95 Å². The van der Waals surface area contributed by atoms with Gasteiger partial charge in [-0.2, -0.15) is 9.65 Å². The lowest BCUT2D eigenvalue weighted by Crippen LogP contribution is -2.03. The number of hydrogen-bond acceptors (Lipinski definition) is 4. The zero-order valence-corrected chi connectivity index (χ0v) is 6.95. The van der Waals surface area contributed by atoms with Crippen LogP contribution in [0.4, 0.5) is 18.9 Å². The Morgan fingerprint density at radius 1 is 1.60 bits per heavy atom. The first-order valence-electron chi connectivity index (χ1n) is 3.50. The summed E-state index contributed by atoms with van der Waals surface area (Å²) in [6.07, 6.45) is -2.95. The van der Waals surface area contributed by atoms with E-state index in [2.05, 4.69) is 4.98 Å². The van der Waals surface area contributed by atoms with Crippen LogP contribution in [0.1, 0.15) is 17.6 Å². The van der Waals surface area contributed by atoms with Crippen LogP contribution in [0, 0.1) is 27.4 Å². The van der Waals surface area contributed by atoms with Crippen molar-refractivity contribution in [3.63, 3.8) is 0 Å². The van der Waals surface area contributed by atoms with Crippen LogP contribution in [0.5, 0.6) is 0 Å². The third-order valence-electron chi connectivity index (χ3n) is 1.58. The van der Waals surface area contributed by atoms with E-state index < -0.39 is 34.1 Å². The molecule has 0 saturated heterocycles. The Morgan fingerprint density at radius 3 is 2.60 bits per heavy atom. The Kier molecular flexibility index (Phi) is 2.85. The molecule has 0 bridgehead atoms. The Balaban J connectivity index is 3.58. The van der Waals surface area contributed by atoms with Crippen LogP contribution < -0.4 is 0 Å². The molecule has 0 aliphatic heterocycles. The number of hydrogen-bond donors (Lipinski definition) is 0. The van der Waals surface area contributed by atoms with Gasteiger partial charge in [-0.3, -0.25) is 10.1 Å². The first kappa shape index (κ1) is 10.9. The number of nitro groups is 1. The van der Waals surface area contributed by atoms with E-state index in [4.69, 9.17) is 5.26 Å². The van der Waals surface area contributed by atoms with Gasteiger partial charge >= 0.3 is 0 Å². The van der Waals surface area contributed by atoms with E-state index in [9.17, 15) is 23.3 Å². The Morgan fingerprint density at radius 2 is 2.20 bits per heavy atom. The first-order chi connectivity index (χ1) is 6.99.